The molecule has 0 bridgehead atoms. The Morgan fingerprint density at radius 2 is 0.643 bits per heavy atom. The standard InChI is InChI=1S/C54H36N2/c1-3-11-37(12-4-1)39-27-31-45(32-28-39)54-55-51-34-33-43-15-7-8-20-50(43)52(51)53(56-54)44-29-25-41(26-30-44)40-21-23-42(24-22-40)47-17-10-19-49(36-47)48-18-9-16-46(35-48)38-13-5-2-6-14-38/h1-36H. The second-order valence-electron chi connectivity index (χ2n) is 14.2. The number of rotatable bonds is 7. The molecule has 2 heteroatoms. The quantitative estimate of drug-likeness (QED) is 0.154. The Hall–Kier alpha value is -7.42. The normalized spacial score (nSPS) is 11.2. The lowest BCUT2D eigenvalue weighted by atomic mass is 9.95. The van der Waals surface area contributed by atoms with E-state index in [1.165, 1.54) is 55.5 Å². The van der Waals surface area contributed by atoms with E-state index in [-0.39, 0.29) is 0 Å². The molecule has 0 aliphatic carbocycles. The van der Waals surface area contributed by atoms with Gasteiger partial charge >= 0.3 is 0 Å². The van der Waals surface area contributed by atoms with Crippen LogP contribution in [-0.4, -0.2) is 9.97 Å². The minimum absolute atomic E-state index is 0.718. The Morgan fingerprint density at radius 3 is 1.20 bits per heavy atom. The topological polar surface area (TPSA) is 25.8 Å². The summed E-state index contributed by atoms with van der Waals surface area (Å²) in [5, 5.41) is 3.39. The Morgan fingerprint density at radius 1 is 0.250 bits per heavy atom. The van der Waals surface area contributed by atoms with Crippen LogP contribution in [0.25, 0.3) is 100.0 Å². The van der Waals surface area contributed by atoms with Gasteiger partial charge in [0.05, 0.1) is 11.2 Å². The van der Waals surface area contributed by atoms with Gasteiger partial charge in [0.15, 0.2) is 5.82 Å². The first-order valence-corrected chi connectivity index (χ1v) is 19.1. The summed E-state index contributed by atoms with van der Waals surface area (Å²) < 4.78 is 0. The van der Waals surface area contributed by atoms with Crippen LogP contribution in [0.15, 0.2) is 218 Å². The second kappa shape index (κ2) is 14.4. The van der Waals surface area contributed by atoms with Gasteiger partial charge in [-0.15, -0.1) is 0 Å². The van der Waals surface area contributed by atoms with E-state index in [9.17, 15) is 0 Å². The van der Waals surface area contributed by atoms with Crippen LogP contribution in [-0.2, 0) is 0 Å². The van der Waals surface area contributed by atoms with E-state index in [2.05, 4.69) is 212 Å². The predicted octanol–water partition coefficient (Wildman–Crippen LogP) is 14.5. The van der Waals surface area contributed by atoms with Gasteiger partial charge in [-0.1, -0.05) is 200 Å². The van der Waals surface area contributed by atoms with Crippen molar-refractivity contribution in [3.8, 4) is 78.3 Å². The van der Waals surface area contributed by atoms with Gasteiger partial charge in [-0.2, -0.15) is 0 Å². The zero-order valence-corrected chi connectivity index (χ0v) is 30.7. The summed E-state index contributed by atoms with van der Waals surface area (Å²) in [6, 6.07) is 77.6. The molecule has 1 heterocycles. The predicted molar refractivity (Wildman–Crippen MR) is 235 cm³/mol. The monoisotopic (exact) mass is 712 g/mol. The van der Waals surface area contributed by atoms with Gasteiger partial charge in [-0.05, 0) is 84.6 Å². The molecule has 0 fully saturated rings. The smallest absolute Gasteiger partial charge is 0.160 e. The van der Waals surface area contributed by atoms with Gasteiger partial charge < -0.3 is 0 Å². The zero-order chi connectivity index (χ0) is 37.3. The summed E-state index contributed by atoms with van der Waals surface area (Å²) in [4.78, 5) is 10.4. The zero-order valence-electron chi connectivity index (χ0n) is 30.7. The number of hydrogen-bond acceptors (Lipinski definition) is 2. The van der Waals surface area contributed by atoms with Crippen molar-refractivity contribution in [2.45, 2.75) is 0 Å². The molecule has 0 aliphatic heterocycles. The van der Waals surface area contributed by atoms with E-state index < -0.39 is 0 Å². The molecule has 0 unspecified atom stereocenters. The van der Waals surface area contributed by atoms with Gasteiger partial charge in [0, 0.05) is 16.5 Å². The highest BCUT2D eigenvalue weighted by Crippen LogP contribution is 2.36. The molecular weight excluding hydrogens is 677 g/mol. The Labute approximate surface area is 327 Å². The second-order valence-corrected chi connectivity index (χ2v) is 14.2. The number of aromatic nitrogens is 2. The van der Waals surface area contributed by atoms with Crippen molar-refractivity contribution in [2.24, 2.45) is 0 Å². The van der Waals surface area contributed by atoms with Crippen LogP contribution in [0.5, 0.6) is 0 Å². The summed E-state index contributed by atoms with van der Waals surface area (Å²) in [5.41, 5.74) is 15.9. The fourth-order valence-electron chi connectivity index (χ4n) is 7.75. The van der Waals surface area contributed by atoms with Crippen LogP contribution in [0.2, 0.25) is 0 Å². The highest BCUT2D eigenvalue weighted by Gasteiger charge is 2.15. The van der Waals surface area contributed by atoms with Crippen molar-refractivity contribution in [1.29, 1.82) is 0 Å². The van der Waals surface area contributed by atoms with Crippen molar-refractivity contribution in [1.82, 2.24) is 9.97 Å². The van der Waals surface area contributed by atoms with Crippen molar-refractivity contribution in [2.75, 3.05) is 0 Å². The third-order valence-electron chi connectivity index (χ3n) is 10.7. The number of hydrogen-bond donors (Lipinski definition) is 0. The first-order valence-electron chi connectivity index (χ1n) is 19.1. The third kappa shape index (κ3) is 6.44. The molecule has 0 saturated carbocycles. The van der Waals surface area contributed by atoms with Crippen LogP contribution < -0.4 is 0 Å². The average molecular weight is 713 g/mol. The Kier molecular flexibility index (Phi) is 8.55. The lowest BCUT2D eigenvalue weighted by molar-refractivity contribution is 1.23. The van der Waals surface area contributed by atoms with Gasteiger partial charge in [0.2, 0.25) is 0 Å². The fraction of sp³-hybridized carbons (Fsp3) is 0. The summed E-state index contributed by atoms with van der Waals surface area (Å²) >= 11 is 0. The molecule has 0 atom stereocenters. The van der Waals surface area contributed by atoms with Crippen LogP contribution in [0, 0.1) is 0 Å². The maximum Gasteiger partial charge on any atom is 0.160 e. The first kappa shape index (κ1) is 33.2. The summed E-state index contributed by atoms with van der Waals surface area (Å²) in [6.45, 7) is 0. The van der Waals surface area contributed by atoms with E-state index in [4.69, 9.17) is 9.97 Å². The van der Waals surface area contributed by atoms with Crippen molar-refractivity contribution in [3.05, 3.63) is 218 Å². The lowest BCUT2D eigenvalue weighted by Gasteiger charge is -2.13. The molecule has 1 aromatic heterocycles. The van der Waals surface area contributed by atoms with Gasteiger partial charge in [0.1, 0.15) is 0 Å². The van der Waals surface area contributed by atoms with E-state index in [1.54, 1.807) is 0 Å². The number of fused-ring (bicyclic) bond motifs is 3. The molecule has 10 rings (SSSR count). The largest absolute Gasteiger partial charge is 0.228 e. The van der Waals surface area contributed by atoms with Crippen molar-refractivity contribution >= 4 is 21.7 Å². The van der Waals surface area contributed by atoms with Crippen molar-refractivity contribution < 1.29 is 0 Å². The van der Waals surface area contributed by atoms with E-state index in [0.29, 0.717) is 0 Å². The van der Waals surface area contributed by atoms with E-state index in [0.717, 1.165) is 44.5 Å². The van der Waals surface area contributed by atoms with Crippen LogP contribution in [0.4, 0.5) is 0 Å². The molecule has 0 amide bonds. The van der Waals surface area contributed by atoms with Crippen LogP contribution >= 0.6 is 0 Å². The first-order chi connectivity index (χ1) is 27.7. The van der Waals surface area contributed by atoms with Crippen molar-refractivity contribution in [3.63, 3.8) is 0 Å². The van der Waals surface area contributed by atoms with Crippen LogP contribution in [0.3, 0.4) is 0 Å². The molecular formula is C54H36N2. The maximum absolute atomic E-state index is 5.28. The lowest BCUT2D eigenvalue weighted by Crippen LogP contribution is -1.96. The molecule has 0 N–H and O–H groups in total. The van der Waals surface area contributed by atoms with Gasteiger partial charge in [0.25, 0.3) is 0 Å². The van der Waals surface area contributed by atoms with Gasteiger partial charge in [-0.25, -0.2) is 9.97 Å². The minimum Gasteiger partial charge on any atom is -0.228 e. The summed E-state index contributed by atoms with van der Waals surface area (Å²) in [7, 11) is 0. The number of benzene rings is 9. The summed E-state index contributed by atoms with van der Waals surface area (Å²) in [5.74, 6) is 0.718. The molecule has 56 heavy (non-hydrogen) atoms. The number of nitrogens with zero attached hydrogens (tertiary/aromatic N) is 2. The average Bonchev–Trinajstić information content (AvgIpc) is 3.29. The molecule has 2 nitrogen and oxygen atoms in total. The van der Waals surface area contributed by atoms with E-state index >= 15 is 0 Å². The van der Waals surface area contributed by atoms with E-state index in [1.807, 2.05) is 6.07 Å². The molecule has 0 aliphatic rings. The highest BCUT2D eigenvalue weighted by molar-refractivity contribution is 6.12. The SMILES string of the molecule is c1ccc(-c2ccc(-c3nc(-c4ccc(-c5ccc(-c6cccc(-c7cccc(-c8ccccc8)c7)c6)cc5)cc4)c4c(ccc5ccccc54)n3)cc2)cc1. The molecule has 262 valence electrons. The third-order valence-corrected chi connectivity index (χ3v) is 10.7. The summed E-state index contributed by atoms with van der Waals surface area (Å²) in [6.07, 6.45) is 0. The Bertz CT molecular complexity index is 2970. The molecule has 9 aromatic carbocycles. The molecule has 0 spiro atoms. The Balaban J connectivity index is 0.963. The van der Waals surface area contributed by atoms with Gasteiger partial charge in [-0.3, -0.25) is 0 Å². The molecule has 10 aromatic rings. The fourth-order valence-corrected chi connectivity index (χ4v) is 7.75. The highest BCUT2D eigenvalue weighted by atomic mass is 14.9. The minimum atomic E-state index is 0.718. The molecule has 0 radical (unpaired) electrons. The van der Waals surface area contributed by atoms with Crippen LogP contribution in [0.1, 0.15) is 0 Å². The maximum atomic E-state index is 5.28. The molecule has 0 saturated heterocycles.